The van der Waals surface area contributed by atoms with Gasteiger partial charge in [0.2, 0.25) is 0 Å². The van der Waals surface area contributed by atoms with Gasteiger partial charge in [-0.15, -0.1) is 0 Å². The number of nitrogens with one attached hydrogen (secondary N) is 1. The summed E-state index contributed by atoms with van der Waals surface area (Å²) in [7, 11) is 0. The van der Waals surface area contributed by atoms with Crippen LogP contribution in [-0.2, 0) is 0 Å². The molecule has 0 radical (unpaired) electrons. The van der Waals surface area contributed by atoms with Crippen LogP contribution in [0.15, 0.2) is 18.3 Å². The molecule has 0 aromatic carbocycles. The SMILES string of the molecule is CC(C)C(=O)c1n[nH]c2ncccc12. The van der Waals surface area contributed by atoms with Crippen molar-refractivity contribution in [2.24, 2.45) is 5.92 Å². The van der Waals surface area contributed by atoms with E-state index in [1.165, 1.54) is 0 Å². The van der Waals surface area contributed by atoms with E-state index in [1.807, 2.05) is 19.9 Å². The number of aromatic nitrogens is 3. The molecule has 4 heteroatoms. The van der Waals surface area contributed by atoms with Crippen LogP contribution < -0.4 is 0 Å². The lowest BCUT2D eigenvalue weighted by molar-refractivity contribution is 0.0936. The molecule has 0 bridgehead atoms. The minimum atomic E-state index is -0.0401. The summed E-state index contributed by atoms with van der Waals surface area (Å²) >= 11 is 0. The summed E-state index contributed by atoms with van der Waals surface area (Å²) in [6.07, 6.45) is 1.67. The molecule has 2 aromatic rings. The highest BCUT2D eigenvalue weighted by Gasteiger charge is 2.16. The third-order valence-corrected chi connectivity index (χ3v) is 2.09. The van der Waals surface area contributed by atoms with Gasteiger partial charge in [0.1, 0.15) is 5.69 Å². The Labute approximate surface area is 81.4 Å². The van der Waals surface area contributed by atoms with Gasteiger partial charge in [0, 0.05) is 17.5 Å². The average molecular weight is 189 g/mol. The van der Waals surface area contributed by atoms with Gasteiger partial charge in [-0.05, 0) is 12.1 Å². The van der Waals surface area contributed by atoms with Crippen molar-refractivity contribution in [2.75, 3.05) is 0 Å². The summed E-state index contributed by atoms with van der Waals surface area (Å²) in [6, 6.07) is 3.65. The Morgan fingerprint density at radius 2 is 2.29 bits per heavy atom. The standard InChI is InChI=1S/C10H11N3O/c1-6(2)9(14)8-7-4-3-5-11-10(7)13-12-8/h3-6H,1-2H3,(H,11,12,13). The number of aromatic amines is 1. The number of Topliss-reactive ketones (excluding diaryl/α,β-unsaturated/α-hetero) is 1. The second-order valence-electron chi connectivity index (χ2n) is 3.49. The maximum absolute atomic E-state index is 11.7. The average Bonchev–Trinajstić information content (AvgIpc) is 2.60. The Morgan fingerprint density at radius 3 is 3.00 bits per heavy atom. The van der Waals surface area contributed by atoms with Crippen LogP contribution in [0.25, 0.3) is 11.0 Å². The zero-order chi connectivity index (χ0) is 10.1. The minimum Gasteiger partial charge on any atom is -0.292 e. The first-order valence-corrected chi connectivity index (χ1v) is 4.53. The zero-order valence-electron chi connectivity index (χ0n) is 8.11. The number of fused-ring (bicyclic) bond motifs is 1. The molecular formula is C10H11N3O. The molecule has 0 saturated heterocycles. The molecule has 2 rings (SSSR count). The number of hydrogen-bond donors (Lipinski definition) is 1. The summed E-state index contributed by atoms with van der Waals surface area (Å²) in [5.74, 6) is 0.00551. The molecule has 2 aromatic heterocycles. The predicted octanol–water partition coefficient (Wildman–Crippen LogP) is 1.80. The molecule has 0 saturated carbocycles. The van der Waals surface area contributed by atoms with Gasteiger partial charge in [-0.3, -0.25) is 9.89 Å². The predicted molar refractivity (Wildman–Crippen MR) is 53.1 cm³/mol. The Morgan fingerprint density at radius 1 is 1.50 bits per heavy atom. The number of rotatable bonds is 2. The van der Waals surface area contributed by atoms with Crippen molar-refractivity contribution in [2.45, 2.75) is 13.8 Å². The smallest absolute Gasteiger partial charge is 0.186 e. The van der Waals surface area contributed by atoms with E-state index in [1.54, 1.807) is 12.3 Å². The molecule has 0 atom stereocenters. The number of H-pyrrole nitrogens is 1. The fourth-order valence-electron chi connectivity index (χ4n) is 1.32. The molecule has 0 aliphatic heterocycles. The lowest BCUT2D eigenvalue weighted by atomic mass is 10.0. The fraction of sp³-hybridized carbons (Fsp3) is 0.300. The van der Waals surface area contributed by atoms with E-state index >= 15 is 0 Å². The highest BCUT2D eigenvalue weighted by Crippen LogP contribution is 2.16. The van der Waals surface area contributed by atoms with Crippen molar-refractivity contribution >= 4 is 16.8 Å². The number of pyridine rings is 1. The van der Waals surface area contributed by atoms with E-state index in [2.05, 4.69) is 15.2 Å². The molecule has 0 amide bonds. The molecule has 14 heavy (non-hydrogen) atoms. The van der Waals surface area contributed by atoms with Crippen molar-refractivity contribution in [3.8, 4) is 0 Å². The number of ketones is 1. The van der Waals surface area contributed by atoms with Crippen LogP contribution in [0, 0.1) is 5.92 Å². The maximum Gasteiger partial charge on any atom is 0.186 e. The molecule has 0 fully saturated rings. The van der Waals surface area contributed by atoms with Crippen LogP contribution in [0.3, 0.4) is 0 Å². The molecule has 72 valence electrons. The Bertz CT molecular complexity index is 473. The van der Waals surface area contributed by atoms with Crippen LogP contribution in [0.5, 0.6) is 0 Å². The van der Waals surface area contributed by atoms with Crippen molar-refractivity contribution in [1.29, 1.82) is 0 Å². The van der Waals surface area contributed by atoms with Crippen molar-refractivity contribution < 1.29 is 4.79 Å². The number of carbonyl (C=O) groups is 1. The summed E-state index contributed by atoms with van der Waals surface area (Å²) in [4.78, 5) is 15.8. The van der Waals surface area contributed by atoms with Crippen LogP contribution in [-0.4, -0.2) is 21.0 Å². The Hall–Kier alpha value is -1.71. The lowest BCUT2D eigenvalue weighted by Crippen LogP contribution is -2.08. The highest BCUT2D eigenvalue weighted by atomic mass is 16.1. The van der Waals surface area contributed by atoms with Crippen molar-refractivity contribution in [3.05, 3.63) is 24.0 Å². The molecule has 0 unspecified atom stereocenters. The van der Waals surface area contributed by atoms with E-state index in [0.717, 1.165) is 5.39 Å². The van der Waals surface area contributed by atoms with Gasteiger partial charge in [0.15, 0.2) is 11.4 Å². The van der Waals surface area contributed by atoms with E-state index in [0.29, 0.717) is 11.3 Å². The molecular weight excluding hydrogens is 178 g/mol. The zero-order valence-corrected chi connectivity index (χ0v) is 8.11. The van der Waals surface area contributed by atoms with Crippen LogP contribution in [0.1, 0.15) is 24.3 Å². The van der Waals surface area contributed by atoms with Gasteiger partial charge in [-0.1, -0.05) is 13.8 Å². The highest BCUT2D eigenvalue weighted by molar-refractivity contribution is 6.05. The lowest BCUT2D eigenvalue weighted by Gasteiger charge is -1.99. The van der Waals surface area contributed by atoms with Gasteiger partial charge < -0.3 is 0 Å². The summed E-state index contributed by atoms with van der Waals surface area (Å²) in [5.41, 5.74) is 1.15. The third kappa shape index (κ3) is 1.28. The van der Waals surface area contributed by atoms with Gasteiger partial charge in [0.25, 0.3) is 0 Å². The number of nitrogens with zero attached hydrogens (tertiary/aromatic N) is 2. The minimum absolute atomic E-state index is 0.0401. The number of carbonyl (C=O) groups excluding carboxylic acids is 1. The van der Waals surface area contributed by atoms with Gasteiger partial charge >= 0.3 is 0 Å². The van der Waals surface area contributed by atoms with E-state index in [9.17, 15) is 4.79 Å². The number of hydrogen-bond acceptors (Lipinski definition) is 3. The van der Waals surface area contributed by atoms with E-state index in [-0.39, 0.29) is 11.7 Å². The second-order valence-corrected chi connectivity index (χ2v) is 3.49. The molecule has 2 heterocycles. The van der Waals surface area contributed by atoms with E-state index < -0.39 is 0 Å². The first kappa shape index (κ1) is 8.87. The topological polar surface area (TPSA) is 58.6 Å². The molecule has 0 aliphatic rings. The molecule has 0 spiro atoms. The second kappa shape index (κ2) is 3.21. The molecule has 0 aliphatic carbocycles. The summed E-state index contributed by atoms with van der Waals surface area (Å²) in [6.45, 7) is 3.72. The van der Waals surface area contributed by atoms with Gasteiger partial charge in [0.05, 0.1) is 0 Å². The molecule has 1 N–H and O–H groups in total. The quantitative estimate of drug-likeness (QED) is 0.733. The monoisotopic (exact) mass is 189 g/mol. The Balaban J connectivity index is 2.58. The third-order valence-electron chi connectivity index (χ3n) is 2.09. The van der Waals surface area contributed by atoms with Gasteiger partial charge in [-0.2, -0.15) is 5.10 Å². The first-order valence-electron chi connectivity index (χ1n) is 4.53. The summed E-state index contributed by atoms with van der Waals surface area (Å²) < 4.78 is 0. The van der Waals surface area contributed by atoms with Crippen molar-refractivity contribution in [3.63, 3.8) is 0 Å². The van der Waals surface area contributed by atoms with Gasteiger partial charge in [-0.25, -0.2) is 4.98 Å². The van der Waals surface area contributed by atoms with E-state index in [4.69, 9.17) is 0 Å². The molecule has 4 nitrogen and oxygen atoms in total. The van der Waals surface area contributed by atoms with Crippen LogP contribution in [0.4, 0.5) is 0 Å². The maximum atomic E-state index is 11.7. The normalized spacial score (nSPS) is 11.1. The largest absolute Gasteiger partial charge is 0.292 e. The Kier molecular flexibility index (Phi) is 2.04. The van der Waals surface area contributed by atoms with Crippen LogP contribution in [0.2, 0.25) is 0 Å². The first-order chi connectivity index (χ1) is 6.70. The van der Waals surface area contributed by atoms with Crippen LogP contribution >= 0.6 is 0 Å². The fourth-order valence-corrected chi connectivity index (χ4v) is 1.32. The summed E-state index contributed by atoms with van der Waals surface area (Å²) in [5, 5.41) is 7.52. The van der Waals surface area contributed by atoms with Crippen molar-refractivity contribution in [1.82, 2.24) is 15.2 Å².